The number of carbonyl (C=O) groups is 1. The molecule has 1 unspecified atom stereocenters. The highest BCUT2D eigenvalue weighted by molar-refractivity contribution is 5.84. The molecule has 1 aromatic rings. The molecule has 2 rings (SSSR count). The molecular formula is C13H18N2O3. The van der Waals surface area contributed by atoms with Gasteiger partial charge in [-0.25, -0.2) is 0 Å². The van der Waals surface area contributed by atoms with Crippen LogP contribution in [0.4, 0.5) is 5.69 Å². The van der Waals surface area contributed by atoms with Gasteiger partial charge in [0.05, 0.1) is 0 Å². The second-order valence-corrected chi connectivity index (χ2v) is 4.59. The third kappa shape index (κ3) is 2.56. The number of phenols is 1. The van der Waals surface area contributed by atoms with Crippen molar-refractivity contribution in [2.45, 2.75) is 25.3 Å². The number of rotatable bonds is 4. The molecule has 5 nitrogen and oxygen atoms in total. The number of phenolic OH excluding ortho intramolecular Hbond substituents is 1. The zero-order valence-electron chi connectivity index (χ0n) is 10.2. The fraction of sp³-hybridized carbons (Fsp3) is 0.462. The predicted molar refractivity (Wildman–Crippen MR) is 68.5 cm³/mol. The first kappa shape index (κ1) is 12.7. The highest BCUT2D eigenvalue weighted by Crippen LogP contribution is 2.29. The fourth-order valence-corrected chi connectivity index (χ4v) is 2.47. The molecule has 1 fully saturated rings. The number of anilines is 1. The number of aromatic hydroxyl groups is 1. The average molecular weight is 250 g/mol. The smallest absolute Gasteiger partial charge is 0.240 e. The summed E-state index contributed by atoms with van der Waals surface area (Å²) in [7, 11) is 0. The minimum Gasteiger partial charge on any atom is -0.508 e. The Balaban J connectivity index is 2.29. The van der Waals surface area contributed by atoms with Gasteiger partial charge < -0.3 is 20.8 Å². The van der Waals surface area contributed by atoms with E-state index < -0.39 is 0 Å². The van der Waals surface area contributed by atoms with Crippen molar-refractivity contribution in [3.63, 3.8) is 0 Å². The standard InChI is InChI=1S/C13H18N2O3/c14-13(18)12-2-1-4-15(12)10-6-9(3-5-16)7-11(17)8-10/h6-8,12,16-17H,1-5H2,(H2,14,18). The molecule has 98 valence electrons. The fourth-order valence-electron chi connectivity index (χ4n) is 2.47. The lowest BCUT2D eigenvalue weighted by Gasteiger charge is -2.25. The summed E-state index contributed by atoms with van der Waals surface area (Å²) in [6, 6.07) is 4.84. The van der Waals surface area contributed by atoms with E-state index in [1.54, 1.807) is 12.1 Å². The minimum absolute atomic E-state index is 0.0299. The van der Waals surface area contributed by atoms with Crippen LogP contribution >= 0.6 is 0 Å². The second kappa shape index (κ2) is 5.27. The average Bonchev–Trinajstić information content (AvgIpc) is 2.77. The highest BCUT2D eigenvalue weighted by Gasteiger charge is 2.29. The van der Waals surface area contributed by atoms with Gasteiger partial charge in [-0.2, -0.15) is 0 Å². The maximum atomic E-state index is 11.4. The number of hydrogen-bond acceptors (Lipinski definition) is 4. The molecule has 0 bridgehead atoms. The summed E-state index contributed by atoms with van der Waals surface area (Å²) in [6.07, 6.45) is 2.15. The van der Waals surface area contributed by atoms with Crippen molar-refractivity contribution < 1.29 is 15.0 Å². The number of hydrogen-bond donors (Lipinski definition) is 3. The van der Waals surface area contributed by atoms with Crippen LogP contribution in [0.5, 0.6) is 5.75 Å². The van der Waals surface area contributed by atoms with Crippen molar-refractivity contribution in [1.82, 2.24) is 0 Å². The number of carbonyl (C=O) groups excluding carboxylic acids is 1. The SMILES string of the molecule is NC(=O)C1CCCN1c1cc(O)cc(CCO)c1. The zero-order valence-corrected chi connectivity index (χ0v) is 10.2. The molecule has 0 aliphatic carbocycles. The molecule has 4 N–H and O–H groups in total. The van der Waals surface area contributed by atoms with Crippen molar-refractivity contribution in [2.24, 2.45) is 5.73 Å². The van der Waals surface area contributed by atoms with Gasteiger partial charge in [-0.1, -0.05) is 0 Å². The van der Waals surface area contributed by atoms with E-state index in [2.05, 4.69) is 0 Å². The molecule has 0 spiro atoms. The largest absolute Gasteiger partial charge is 0.508 e. The van der Waals surface area contributed by atoms with E-state index in [-0.39, 0.29) is 24.3 Å². The Kier molecular flexibility index (Phi) is 3.72. The van der Waals surface area contributed by atoms with E-state index in [0.717, 1.165) is 30.6 Å². The number of nitrogens with zero attached hydrogens (tertiary/aromatic N) is 1. The predicted octanol–water partition coefficient (Wildman–Crippen LogP) is 0.381. The first-order valence-corrected chi connectivity index (χ1v) is 6.11. The molecule has 1 aliphatic heterocycles. The van der Waals surface area contributed by atoms with Crippen LogP contribution in [0.3, 0.4) is 0 Å². The van der Waals surface area contributed by atoms with E-state index in [4.69, 9.17) is 10.8 Å². The lowest BCUT2D eigenvalue weighted by Crippen LogP contribution is -2.40. The highest BCUT2D eigenvalue weighted by atomic mass is 16.3. The Hall–Kier alpha value is -1.75. The number of amides is 1. The molecule has 5 heteroatoms. The Morgan fingerprint density at radius 1 is 1.44 bits per heavy atom. The van der Waals surface area contributed by atoms with Crippen molar-refractivity contribution in [2.75, 3.05) is 18.1 Å². The summed E-state index contributed by atoms with van der Waals surface area (Å²) in [5, 5.41) is 18.6. The van der Waals surface area contributed by atoms with Crippen LogP contribution in [0.2, 0.25) is 0 Å². The molecule has 0 saturated carbocycles. The van der Waals surface area contributed by atoms with Crippen molar-refractivity contribution in [3.05, 3.63) is 23.8 Å². The molecule has 1 aliphatic rings. The Morgan fingerprint density at radius 2 is 2.22 bits per heavy atom. The second-order valence-electron chi connectivity index (χ2n) is 4.59. The zero-order chi connectivity index (χ0) is 13.1. The molecule has 18 heavy (non-hydrogen) atoms. The quantitative estimate of drug-likeness (QED) is 0.721. The van der Waals surface area contributed by atoms with E-state index in [1.807, 2.05) is 11.0 Å². The molecular weight excluding hydrogens is 232 g/mol. The van der Waals surface area contributed by atoms with Gasteiger partial charge in [0.2, 0.25) is 5.91 Å². The molecule has 1 heterocycles. The summed E-state index contributed by atoms with van der Waals surface area (Å²) in [4.78, 5) is 13.3. The van der Waals surface area contributed by atoms with Gasteiger partial charge in [-0.3, -0.25) is 4.79 Å². The Morgan fingerprint density at radius 3 is 2.89 bits per heavy atom. The molecule has 1 atom stereocenters. The number of primary amides is 1. The van der Waals surface area contributed by atoms with Crippen LogP contribution in [0.25, 0.3) is 0 Å². The molecule has 1 saturated heterocycles. The van der Waals surface area contributed by atoms with Crippen molar-refractivity contribution >= 4 is 11.6 Å². The van der Waals surface area contributed by atoms with Gasteiger partial charge >= 0.3 is 0 Å². The van der Waals surface area contributed by atoms with Crippen LogP contribution in [0.1, 0.15) is 18.4 Å². The van der Waals surface area contributed by atoms with Gasteiger partial charge in [0.15, 0.2) is 0 Å². The van der Waals surface area contributed by atoms with Crippen LogP contribution in [0, 0.1) is 0 Å². The lowest BCUT2D eigenvalue weighted by molar-refractivity contribution is -0.119. The van der Waals surface area contributed by atoms with Crippen LogP contribution in [-0.4, -0.2) is 35.3 Å². The van der Waals surface area contributed by atoms with Gasteiger partial charge in [-0.15, -0.1) is 0 Å². The molecule has 0 aromatic heterocycles. The van der Waals surface area contributed by atoms with Crippen LogP contribution in [-0.2, 0) is 11.2 Å². The Labute approximate surface area is 106 Å². The van der Waals surface area contributed by atoms with Gasteiger partial charge in [0, 0.05) is 24.9 Å². The first-order valence-electron chi connectivity index (χ1n) is 6.11. The molecule has 1 aromatic carbocycles. The van der Waals surface area contributed by atoms with Gasteiger partial charge in [0.1, 0.15) is 11.8 Å². The van der Waals surface area contributed by atoms with E-state index in [9.17, 15) is 9.90 Å². The summed E-state index contributed by atoms with van der Waals surface area (Å²) in [5.41, 5.74) is 7.02. The molecule has 0 radical (unpaired) electrons. The molecule has 1 amide bonds. The monoisotopic (exact) mass is 250 g/mol. The summed E-state index contributed by atoms with van der Waals surface area (Å²) >= 11 is 0. The summed E-state index contributed by atoms with van der Waals surface area (Å²) < 4.78 is 0. The maximum absolute atomic E-state index is 11.4. The van der Waals surface area contributed by atoms with Crippen LogP contribution in [0.15, 0.2) is 18.2 Å². The van der Waals surface area contributed by atoms with E-state index >= 15 is 0 Å². The van der Waals surface area contributed by atoms with Gasteiger partial charge in [-0.05, 0) is 37.0 Å². The number of aliphatic hydroxyl groups excluding tert-OH is 1. The van der Waals surface area contributed by atoms with E-state index in [1.165, 1.54) is 0 Å². The van der Waals surface area contributed by atoms with Gasteiger partial charge in [0.25, 0.3) is 0 Å². The third-order valence-electron chi connectivity index (χ3n) is 3.28. The topological polar surface area (TPSA) is 86.8 Å². The Bertz CT molecular complexity index is 448. The van der Waals surface area contributed by atoms with Crippen LogP contribution < -0.4 is 10.6 Å². The van der Waals surface area contributed by atoms with E-state index in [0.29, 0.717) is 6.42 Å². The van der Waals surface area contributed by atoms with Crippen molar-refractivity contribution in [1.29, 1.82) is 0 Å². The lowest BCUT2D eigenvalue weighted by atomic mass is 10.1. The summed E-state index contributed by atoms with van der Waals surface area (Å²) in [5.74, 6) is -0.189. The minimum atomic E-state index is -0.334. The summed E-state index contributed by atoms with van der Waals surface area (Å²) in [6.45, 7) is 0.789. The number of nitrogens with two attached hydrogens (primary N) is 1. The first-order chi connectivity index (χ1) is 8.61. The third-order valence-corrected chi connectivity index (χ3v) is 3.28. The maximum Gasteiger partial charge on any atom is 0.240 e. The number of aliphatic hydroxyl groups is 1. The van der Waals surface area contributed by atoms with Crippen molar-refractivity contribution in [3.8, 4) is 5.75 Å². The number of benzene rings is 1. The normalized spacial score (nSPS) is 19.2.